The molecule has 2 heterocycles. The molecule has 3 aromatic rings. The standard InChI is InChI=1S/C12H9ClN4O2/c1-19-7-5-8-10(11(18)16-12(13)15-8)9(6-7)17-4-2-3-14-17/h2-6H,1H3,(H,15,16,18). The lowest BCUT2D eigenvalue weighted by Crippen LogP contribution is -2.12. The van der Waals surface area contributed by atoms with Crippen molar-refractivity contribution >= 4 is 22.5 Å². The number of methoxy groups -OCH3 is 1. The molecular weight excluding hydrogens is 268 g/mol. The maximum absolute atomic E-state index is 12.1. The van der Waals surface area contributed by atoms with E-state index in [2.05, 4.69) is 15.1 Å². The minimum atomic E-state index is -0.317. The van der Waals surface area contributed by atoms with Crippen molar-refractivity contribution in [3.63, 3.8) is 0 Å². The van der Waals surface area contributed by atoms with Gasteiger partial charge in [-0.05, 0) is 17.7 Å². The SMILES string of the molecule is COc1cc(-n2cccn2)c2c(=O)[nH]c(Cl)nc2c1. The van der Waals surface area contributed by atoms with Crippen molar-refractivity contribution in [3.05, 3.63) is 46.2 Å². The normalized spacial score (nSPS) is 10.8. The van der Waals surface area contributed by atoms with Crippen LogP contribution in [-0.4, -0.2) is 26.9 Å². The van der Waals surface area contributed by atoms with Gasteiger partial charge in [0.1, 0.15) is 5.75 Å². The highest BCUT2D eigenvalue weighted by atomic mass is 35.5. The van der Waals surface area contributed by atoms with Gasteiger partial charge in [0.25, 0.3) is 5.56 Å². The lowest BCUT2D eigenvalue weighted by molar-refractivity contribution is 0.415. The number of H-pyrrole nitrogens is 1. The zero-order chi connectivity index (χ0) is 13.4. The molecule has 1 N–H and O–H groups in total. The van der Waals surface area contributed by atoms with Crippen LogP contribution in [-0.2, 0) is 0 Å². The summed E-state index contributed by atoms with van der Waals surface area (Å²) in [4.78, 5) is 18.6. The lowest BCUT2D eigenvalue weighted by atomic mass is 10.2. The average molecular weight is 277 g/mol. The van der Waals surface area contributed by atoms with Crippen LogP contribution in [0.4, 0.5) is 0 Å². The van der Waals surface area contributed by atoms with E-state index in [1.165, 1.54) is 0 Å². The first-order chi connectivity index (χ1) is 9.19. The molecule has 96 valence electrons. The van der Waals surface area contributed by atoms with Crippen LogP contribution in [0.3, 0.4) is 0 Å². The molecule has 3 rings (SSSR count). The summed E-state index contributed by atoms with van der Waals surface area (Å²) in [5.41, 5.74) is 0.728. The number of benzene rings is 1. The summed E-state index contributed by atoms with van der Waals surface area (Å²) in [6.45, 7) is 0. The number of nitrogens with one attached hydrogen (secondary N) is 1. The Hall–Kier alpha value is -2.34. The number of hydrogen-bond donors (Lipinski definition) is 1. The number of halogens is 1. The van der Waals surface area contributed by atoms with E-state index in [1.54, 1.807) is 42.4 Å². The molecule has 19 heavy (non-hydrogen) atoms. The van der Waals surface area contributed by atoms with E-state index in [-0.39, 0.29) is 10.8 Å². The smallest absolute Gasteiger partial charge is 0.261 e. The molecule has 0 bridgehead atoms. The molecule has 0 saturated carbocycles. The summed E-state index contributed by atoms with van der Waals surface area (Å²) in [6, 6.07) is 5.15. The predicted molar refractivity (Wildman–Crippen MR) is 71.0 cm³/mol. The number of aromatic amines is 1. The maximum Gasteiger partial charge on any atom is 0.261 e. The van der Waals surface area contributed by atoms with Crippen molar-refractivity contribution in [2.24, 2.45) is 0 Å². The summed E-state index contributed by atoms with van der Waals surface area (Å²) < 4.78 is 6.78. The van der Waals surface area contributed by atoms with Crippen LogP contribution in [0.5, 0.6) is 5.75 Å². The van der Waals surface area contributed by atoms with Crippen molar-refractivity contribution in [3.8, 4) is 11.4 Å². The molecule has 0 saturated heterocycles. The Kier molecular flexibility index (Phi) is 2.72. The fourth-order valence-corrected chi connectivity index (χ4v) is 2.08. The highest BCUT2D eigenvalue weighted by Crippen LogP contribution is 2.24. The van der Waals surface area contributed by atoms with Crippen molar-refractivity contribution in [2.45, 2.75) is 0 Å². The fourth-order valence-electron chi connectivity index (χ4n) is 1.91. The summed E-state index contributed by atoms with van der Waals surface area (Å²) in [5, 5.41) is 4.57. The van der Waals surface area contributed by atoms with Gasteiger partial charge in [-0.25, -0.2) is 9.67 Å². The highest BCUT2D eigenvalue weighted by molar-refractivity contribution is 6.28. The molecule has 2 aromatic heterocycles. The van der Waals surface area contributed by atoms with Gasteiger partial charge in [0.2, 0.25) is 5.28 Å². The number of fused-ring (bicyclic) bond motifs is 1. The van der Waals surface area contributed by atoms with Crippen LogP contribution in [0.15, 0.2) is 35.4 Å². The second kappa shape index (κ2) is 4.40. The van der Waals surface area contributed by atoms with Crippen molar-refractivity contribution in [1.82, 2.24) is 19.7 Å². The van der Waals surface area contributed by atoms with Crippen LogP contribution >= 0.6 is 11.6 Å². The van der Waals surface area contributed by atoms with Crippen LogP contribution in [0, 0.1) is 0 Å². The van der Waals surface area contributed by atoms with E-state index in [4.69, 9.17) is 16.3 Å². The van der Waals surface area contributed by atoms with E-state index in [9.17, 15) is 4.79 Å². The summed E-state index contributed by atoms with van der Waals surface area (Å²) >= 11 is 5.77. The van der Waals surface area contributed by atoms with Crippen molar-refractivity contribution in [1.29, 1.82) is 0 Å². The quantitative estimate of drug-likeness (QED) is 0.724. The molecule has 7 heteroatoms. The molecule has 1 aromatic carbocycles. The monoisotopic (exact) mass is 276 g/mol. The molecule has 6 nitrogen and oxygen atoms in total. The maximum atomic E-state index is 12.1. The average Bonchev–Trinajstić information content (AvgIpc) is 2.90. The first-order valence-corrected chi connectivity index (χ1v) is 5.84. The lowest BCUT2D eigenvalue weighted by Gasteiger charge is -2.08. The molecule has 0 amide bonds. The molecule has 0 aliphatic heterocycles. The van der Waals surface area contributed by atoms with Gasteiger partial charge in [0, 0.05) is 24.5 Å². The van der Waals surface area contributed by atoms with Gasteiger partial charge in [-0.2, -0.15) is 5.10 Å². The van der Waals surface area contributed by atoms with E-state index in [0.29, 0.717) is 22.3 Å². The number of ether oxygens (including phenoxy) is 1. The Bertz CT molecular complexity index is 795. The van der Waals surface area contributed by atoms with Gasteiger partial charge in [0.15, 0.2) is 0 Å². The van der Waals surface area contributed by atoms with Gasteiger partial charge in [0.05, 0.1) is 23.7 Å². The Morgan fingerprint density at radius 3 is 2.95 bits per heavy atom. The summed E-state index contributed by atoms with van der Waals surface area (Å²) in [7, 11) is 1.54. The molecular formula is C12H9ClN4O2. The Morgan fingerprint density at radius 1 is 1.42 bits per heavy atom. The summed E-state index contributed by atoms with van der Waals surface area (Å²) in [5.74, 6) is 0.576. The molecule has 0 fully saturated rings. The van der Waals surface area contributed by atoms with Crippen LogP contribution < -0.4 is 10.3 Å². The number of hydrogen-bond acceptors (Lipinski definition) is 4. The minimum Gasteiger partial charge on any atom is -0.497 e. The summed E-state index contributed by atoms with van der Waals surface area (Å²) in [6.07, 6.45) is 3.37. The zero-order valence-corrected chi connectivity index (χ0v) is 10.7. The van der Waals surface area contributed by atoms with Crippen LogP contribution in [0.25, 0.3) is 16.6 Å². The Morgan fingerprint density at radius 2 is 2.26 bits per heavy atom. The number of nitrogens with zero attached hydrogens (tertiary/aromatic N) is 3. The third-order valence-corrected chi connectivity index (χ3v) is 2.90. The highest BCUT2D eigenvalue weighted by Gasteiger charge is 2.12. The van der Waals surface area contributed by atoms with Gasteiger partial charge >= 0.3 is 0 Å². The van der Waals surface area contributed by atoms with Crippen molar-refractivity contribution in [2.75, 3.05) is 7.11 Å². The van der Waals surface area contributed by atoms with E-state index in [0.717, 1.165) is 0 Å². The topological polar surface area (TPSA) is 72.8 Å². The van der Waals surface area contributed by atoms with E-state index >= 15 is 0 Å². The Labute approximate surface area is 112 Å². The van der Waals surface area contributed by atoms with Crippen molar-refractivity contribution < 1.29 is 4.74 Å². The second-order valence-electron chi connectivity index (χ2n) is 3.85. The fraction of sp³-hybridized carbons (Fsp3) is 0.0833. The number of rotatable bonds is 2. The largest absolute Gasteiger partial charge is 0.497 e. The van der Waals surface area contributed by atoms with Gasteiger partial charge in [-0.15, -0.1) is 0 Å². The minimum absolute atomic E-state index is 0.0390. The van der Waals surface area contributed by atoms with Gasteiger partial charge in [-0.3, -0.25) is 9.78 Å². The molecule has 0 spiro atoms. The van der Waals surface area contributed by atoms with Gasteiger partial charge in [-0.1, -0.05) is 0 Å². The van der Waals surface area contributed by atoms with E-state index < -0.39 is 0 Å². The molecule has 0 radical (unpaired) electrons. The molecule has 0 aliphatic rings. The van der Waals surface area contributed by atoms with Crippen LogP contribution in [0.2, 0.25) is 5.28 Å². The van der Waals surface area contributed by atoms with Crippen LogP contribution in [0.1, 0.15) is 0 Å². The third kappa shape index (κ3) is 1.96. The first-order valence-electron chi connectivity index (χ1n) is 5.46. The zero-order valence-electron chi connectivity index (χ0n) is 9.92. The molecule has 0 atom stereocenters. The second-order valence-corrected chi connectivity index (χ2v) is 4.21. The first kappa shape index (κ1) is 11.7. The third-order valence-electron chi connectivity index (χ3n) is 2.72. The number of aromatic nitrogens is 4. The van der Waals surface area contributed by atoms with E-state index in [1.807, 2.05) is 0 Å². The predicted octanol–water partition coefficient (Wildman–Crippen LogP) is 1.77. The molecule has 0 aliphatic carbocycles. The van der Waals surface area contributed by atoms with Gasteiger partial charge < -0.3 is 4.74 Å². The molecule has 0 unspecified atom stereocenters. The Balaban J connectivity index is 2.45.